The Morgan fingerprint density at radius 3 is 2.59 bits per heavy atom. The molecular formula is C18H15F2IN2O4S2. The molecule has 3 rings (SSSR count). The van der Waals surface area contributed by atoms with E-state index in [1.807, 2.05) is 22.6 Å². The summed E-state index contributed by atoms with van der Waals surface area (Å²) in [6, 6.07) is 9.56. The second-order valence-electron chi connectivity index (χ2n) is 5.72. The number of halogens is 3. The van der Waals surface area contributed by atoms with E-state index in [9.17, 15) is 22.0 Å². The topological polar surface area (TPSA) is 76.6 Å². The molecule has 2 heterocycles. The Kier molecular flexibility index (Phi) is 6.79. The van der Waals surface area contributed by atoms with Crippen molar-refractivity contribution in [2.45, 2.75) is 13.3 Å². The van der Waals surface area contributed by atoms with Gasteiger partial charge in [-0.05, 0) is 52.6 Å². The maximum atomic E-state index is 13.4. The fourth-order valence-corrected chi connectivity index (χ4v) is 5.75. The van der Waals surface area contributed by atoms with Crippen LogP contribution in [0.4, 0.5) is 19.4 Å². The number of aromatic nitrogens is 1. The third kappa shape index (κ3) is 4.40. The van der Waals surface area contributed by atoms with Crippen molar-refractivity contribution in [2.24, 2.45) is 0 Å². The number of hydrogen-bond acceptors (Lipinski definition) is 6. The Hall–Kier alpha value is -1.73. The maximum absolute atomic E-state index is 13.4. The summed E-state index contributed by atoms with van der Waals surface area (Å²) in [4.78, 5) is 15.9. The predicted molar refractivity (Wildman–Crippen MR) is 117 cm³/mol. The third-order valence-corrected chi connectivity index (χ3v) is 7.26. The van der Waals surface area contributed by atoms with Gasteiger partial charge in [0.2, 0.25) is 0 Å². The molecule has 0 bridgehead atoms. The highest BCUT2D eigenvalue weighted by Gasteiger charge is 2.42. The zero-order valence-corrected chi connectivity index (χ0v) is 18.8. The van der Waals surface area contributed by atoms with E-state index in [-0.39, 0.29) is 27.6 Å². The number of ether oxygens (including phenoxy) is 1. The first-order valence-electron chi connectivity index (χ1n) is 8.37. The lowest BCUT2D eigenvalue weighted by Gasteiger charge is -2.32. The first-order valence-corrected chi connectivity index (χ1v) is 11.9. The van der Waals surface area contributed by atoms with Gasteiger partial charge in [-0.3, -0.25) is 0 Å². The number of carbonyl (C=O) groups excluding carboxylic acids is 1. The summed E-state index contributed by atoms with van der Waals surface area (Å²) in [6.45, 7) is 0.684. The number of nitrogens with zero attached hydrogens (tertiary/aromatic N) is 2. The van der Waals surface area contributed by atoms with E-state index in [1.54, 1.807) is 25.1 Å². The smallest absolute Gasteiger partial charge is 0.372 e. The SMILES string of the molecule is CCSC(=O)OC1=C(c2ccccc2I)S(=O)(=O)N(CC(F)F)c2ncccc21. The average Bonchev–Trinajstić information content (AvgIpc) is 2.66. The van der Waals surface area contributed by atoms with Crippen LogP contribution in [0.3, 0.4) is 0 Å². The van der Waals surface area contributed by atoms with Gasteiger partial charge in [0.25, 0.3) is 16.4 Å². The molecule has 29 heavy (non-hydrogen) atoms. The van der Waals surface area contributed by atoms with Gasteiger partial charge in [0.1, 0.15) is 4.91 Å². The summed E-state index contributed by atoms with van der Waals surface area (Å²) in [6.07, 6.45) is -1.62. The van der Waals surface area contributed by atoms with Gasteiger partial charge in [0.15, 0.2) is 11.6 Å². The van der Waals surface area contributed by atoms with Crippen LogP contribution in [0.25, 0.3) is 10.7 Å². The molecule has 0 N–H and O–H groups in total. The molecule has 2 aromatic rings. The van der Waals surface area contributed by atoms with Crippen molar-refractivity contribution in [2.75, 3.05) is 16.6 Å². The van der Waals surface area contributed by atoms with Crippen LogP contribution in [0.2, 0.25) is 0 Å². The molecule has 0 saturated heterocycles. The number of fused-ring (bicyclic) bond motifs is 1. The highest BCUT2D eigenvalue weighted by Crippen LogP contribution is 2.44. The van der Waals surface area contributed by atoms with E-state index in [0.29, 0.717) is 13.6 Å². The Bertz CT molecular complexity index is 1080. The molecule has 11 heteroatoms. The van der Waals surface area contributed by atoms with Gasteiger partial charge in [-0.15, -0.1) is 0 Å². The van der Waals surface area contributed by atoms with Gasteiger partial charge in [0.05, 0.1) is 12.1 Å². The van der Waals surface area contributed by atoms with Crippen molar-refractivity contribution >= 4 is 66.2 Å². The Morgan fingerprint density at radius 1 is 1.24 bits per heavy atom. The van der Waals surface area contributed by atoms with Crippen LogP contribution in [0.15, 0.2) is 42.6 Å². The summed E-state index contributed by atoms with van der Waals surface area (Å²) in [5.41, 5.74) is 0.411. The molecule has 0 spiro atoms. The van der Waals surface area contributed by atoms with Crippen molar-refractivity contribution in [3.63, 3.8) is 0 Å². The lowest BCUT2D eigenvalue weighted by Crippen LogP contribution is -2.39. The van der Waals surface area contributed by atoms with Crippen LogP contribution >= 0.6 is 34.4 Å². The molecule has 1 aromatic carbocycles. The van der Waals surface area contributed by atoms with Crippen molar-refractivity contribution in [1.82, 2.24) is 4.98 Å². The second-order valence-corrected chi connectivity index (χ2v) is 9.89. The minimum absolute atomic E-state index is 0.155. The number of rotatable bonds is 5. The van der Waals surface area contributed by atoms with Gasteiger partial charge in [-0.2, -0.15) is 0 Å². The van der Waals surface area contributed by atoms with E-state index < -0.39 is 28.3 Å². The molecule has 6 nitrogen and oxygen atoms in total. The van der Waals surface area contributed by atoms with Crippen LogP contribution < -0.4 is 4.31 Å². The van der Waals surface area contributed by atoms with E-state index in [4.69, 9.17) is 4.74 Å². The molecular weight excluding hydrogens is 537 g/mol. The summed E-state index contributed by atoms with van der Waals surface area (Å²) in [5.74, 6) is 0.00884. The van der Waals surface area contributed by atoms with Crippen LogP contribution in [0, 0.1) is 3.57 Å². The second kappa shape index (κ2) is 8.96. The quantitative estimate of drug-likeness (QED) is 0.392. The minimum Gasteiger partial charge on any atom is -0.416 e. The highest BCUT2D eigenvalue weighted by molar-refractivity contribution is 14.1. The number of sulfonamides is 1. The molecule has 1 aliphatic rings. The van der Waals surface area contributed by atoms with Crippen molar-refractivity contribution in [3.05, 3.63) is 57.3 Å². The summed E-state index contributed by atoms with van der Waals surface area (Å²) in [5, 5.41) is -0.696. The monoisotopic (exact) mass is 552 g/mol. The fourth-order valence-electron chi connectivity index (χ4n) is 2.78. The number of carbonyl (C=O) groups is 1. The number of hydrogen-bond donors (Lipinski definition) is 0. The zero-order valence-electron chi connectivity index (χ0n) is 15.0. The van der Waals surface area contributed by atoms with Gasteiger partial charge < -0.3 is 4.74 Å². The molecule has 0 radical (unpaired) electrons. The molecule has 154 valence electrons. The number of thioether (sulfide) groups is 1. The summed E-state index contributed by atoms with van der Waals surface area (Å²) >= 11 is 2.81. The lowest BCUT2D eigenvalue weighted by molar-refractivity contribution is 0.159. The highest BCUT2D eigenvalue weighted by atomic mass is 127. The van der Waals surface area contributed by atoms with Gasteiger partial charge in [-0.1, -0.05) is 25.1 Å². The van der Waals surface area contributed by atoms with E-state index in [0.717, 1.165) is 11.8 Å². The number of alkyl halides is 2. The number of benzene rings is 1. The molecule has 1 aromatic heterocycles. The largest absolute Gasteiger partial charge is 0.416 e. The first kappa shape index (κ1) is 22.0. The Labute approximate surface area is 184 Å². The number of pyridine rings is 1. The Balaban J connectivity index is 2.35. The zero-order chi connectivity index (χ0) is 21.2. The molecule has 0 saturated carbocycles. The van der Waals surface area contributed by atoms with Crippen molar-refractivity contribution < 1.29 is 26.7 Å². The summed E-state index contributed by atoms with van der Waals surface area (Å²) in [7, 11) is -4.48. The fraction of sp³-hybridized carbons (Fsp3) is 0.222. The molecule has 0 amide bonds. The van der Waals surface area contributed by atoms with Gasteiger partial charge >= 0.3 is 5.30 Å². The molecule has 0 fully saturated rings. The molecule has 0 atom stereocenters. The lowest BCUT2D eigenvalue weighted by atomic mass is 10.1. The third-order valence-electron chi connectivity index (χ3n) is 3.89. The van der Waals surface area contributed by atoms with E-state index >= 15 is 0 Å². The first-order chi connectivity index (χ1) is 13.8. The van der Waals surface area contributed by atoms with Crippen molar-refractivity contribution in [3.8, 4) is 0 Å². The molecule has 0 aliphatic carbocycles. The van der Waals surface area contributed by atoms with Crippen LogP contribution in [-0.2, 0) is 14.8 Å². The molecule has 0 unspecified atom stereocenters. The number of anilines is 1. The van der Waals surface area contributed by atoms with Gasteiger partial charge in [0, 0.05) is 21.1 Å². The average molecular weight is 552 g/mol. The van der Waals surface area contributed by atoms with E-state index in [1.165, 1.54) is 24.4 Å². The minimum atomic E-state index is -4.48. The standard InChI is InChI=1S/C18H15F2IN2O4S2/c1-2-28-18(24)27-15-12-7-5-9-22-17(12)23(10-14(19)20)29(25,26)16(15)11-6-3-4-8-13(11)21/h3-9,14H,2,10H2,1H3. The normalized spacial score (nSPS) is 15.4. The van der Waals surface area contributed by atoms with Crippen LogP contribution in [-0.4, -0.2) is 37.4 Å². The maximum Gasteiger partial charge on any atom is 0.372 e. The van der Waals surface area contributed by atoms with Gasteiger partial charge in [-0.25, -0.2) is 31.3 Å². The van der Waals surface area contributed by atoms with Crippen molar-refractivity contribution in [1.29, 1.82) is 0 Å². The Morgan fingerprint density at radius 2 is 1.93 bits per heavy atom. The van der Waals surface area contributed by atoms with E-state index in [2.05, 4.69) is 4.98 Å². The predicted octanol–water partition coefficient (Wildman–Crippen LogP) is 4.82. The van der Waals surface area contributed by atoms with Crippen LogP contribution in [0.1, 0.15) is 18.1 Å². The van der Waals surface area contributed by atoms with Crippen LogP contribution in [0.5, 0.6) is 0 Å². The molecule has 1 aliphatic heterocycles. The summed E-state index contributed by atoms with van der Waals surface area (Å²) < 4.78 is 59.8.